The molecule has 0 unspecified atom stereocenters. The third kappa shape index (κ3) is 3.87. The van der Waals surface area contributed by atoms with E-state index in [1.165, 1.54) is 22.5 Å². The molecular formula is C27H25BrN4S. The molecule has 1 aliphatic rings. The van der Waals surface area contributed by atoms with Gasteiger partial charge in [-0.3, -0.25) is 4.98 Å². The molecule has 3 heterocycles. The molecule has 2 aromatic carbocycles. The van der Waals surface area contributed by atoms with Crippen LogP contribution < -0.4 is 10.2 Å². The van der Waals surface area contributed by atoms with Gasteiger partial charge in [0, 0.05) is 33.4 Å². The van der Waals surface area contributed by atoms with Gasteiger partial charge >= 0.3 is 0 Å². The maximum Gasteiger partial charge on any atom is 0.174 e. The summed E-state index contributed by atoms with van der Waals surface area (Å²) in [5, 5.41) is 4.28. The van der Waals surface area contributed by atoms with Crippen LogP contribution in [0.4, 0.5) is 5.69 Å². The van der Waals surface area contributed by atoms with Gasteiger partial charge in [-0.25, -0.2) is 0 Å². The van der Waals surface area contributed by atoms with Crippen molar-refractivity contribution < 1.29 is 0 Å². The third-order valence-electron chi connectivity index (χ3n) is 6.32. The van der Waals surface area contributed by atoms with Crippen LogP contribution in [0.5, 0.6) is 0 Å². The van der Waals surface area contributed by atoms with Crippen LogP contribution in [0, 0.1) is 20.8 Å². The number of nitrogens with one attached hydrogen (secondary N) is 1. The Kier molecular flexibility index (Phi) is 5.81. The first-order valence-electron chi connectivity index (χ1n) is 11.0. The number of benzene rings is 2. The third-order valence-corrected chi connectivity index (χ3v) is 7.53. The summed E-state index contributed by atoms with van der Waals surface area (Å²) in [4.78, 5) is 6.93. The lowest BCUT2D eigenvalue weighted by atomic mass is 9.96. The maximum absolute atomic E-state index is 5.90. The molecule has 0 radical (unpaired) electrons. The van der Waals surface area contributed by atoms with E-state index in [1.807, 2.05) is 24.4 Å². The summed E-state index contributed by atoms with van der Waals surface area (Å²) in [5.41, 5.74) is 8.01. The number of hydrogen-bond donors (Lipinski definition) is 1. The molecule has 6 heteroatoms. The summed E-state index contributed by atoms with van der Waals surface area (Å²) in [6, 6.07) is 25.1. The average molecular weight is 517 g/mol. The topological polar surface area (TPSA) is 33.1 Å². The number of pyridine rings is 1. The molecule has 2 aromatic heterocycles. The van der Waals surface area contributed by atoms with Crippen LogP contribution in [0.15, 0.2) is 83.5 Å². The Balaban J connectivity index is 1.69. The number of hydrogen-bond acceptors (Lipinski definition) is 2. The van der Waals surface area contributed by atoms with E-state index in [0.717, 1.165) is 21.5 Å². The first-order chi connectivity index (χ1) is 16.0. The van der Waals surface area contributed by atoms with Crippen molar-refractivity contribution in [2.24, 2.45) is 0 Å². The molecule has 1 fully saturated rings. The Morgan fingerprint density at radius 3 is 2.36 bits per heavy atom. The quantitative estimate of drug-likeness (QED) is 0.304. The molecule has 1 N–H and O–H groups in total. The molecule has 2 atom stereocenters. The maximum atomic E-state index is 5.90. The van der Waals surface area contributed by atoms with E-state index in [2.05, 4.69) is 111 Å². The van der Waals surface area contributed by atoms with Crippen molar-refractivity contribution in [1.29, 1.82) is 0 Å². The molecule has 1 aliphatic heterocycles. The van der Waals surface area contributed by atoms with Gasteiger partial charge in [0.25, 0.3) is 0 Å². The fraction of sp³-hybridized carbons (Fsp3) is 0.185. The number of para-hydroxylation sites is 1. The van der Waals surface area contributed by atoms with Crippen molar-refractivity contribution >= 4 is 38.9 Å². The zero-order valence-electron chi connectivity index (χ0n) is 18.8. The molecule has 0 saturated carbocycles. The van der Waals surface area contributed by atoms with Crippen molar-refractivity contribution in [2.45, 2.75) is 32.9 Å². The second kappa shape index (κ2) is 8.76. The lowest BCUT2D eigenvalue weighted by Crippen LogP contribution is -2.29. The van der Waals surface area contributed by atoms with E-state index in [4.69, 9.17) is 12.2 Å². The van der Waals surface area contributed by atoms with Gasteiger partial charge in [0.2, 0.25) is 0 Å². The molecule has 33 heavy (non-hydrogen) atoms. The van der Waals surface area contributed by atoms with Crippen molar-refractivity contribution in [1.82, 2.24) is 14.9 Å². The highest BCUT2D eigenvalue weighted by Crippen LogP contribution is 2.44. The predicted octanol–water partition coefficient (Wildman–Crippen LogP) is 6.74. The largest absolute Gasteiger partial charge is 0.351 e. The molecular weight excluding hydrogens is 492 g/mol. The van der Waals surface area contributed by atoms with Crippen molar-refractivity contribution in [2.75, 3.05) is 4.90 Å². The molecule has 0 amide bonds. The minimum absolute atomic E-state index is 0.0309. The van der Waals surface area contributed by atoms with Gasteiger partial charge in [-0.15, -0.1) is 0 Å². The summed E-state index contributed by atoms with van der Waals surface area (Å²) in [6.07, 6.45) is 1.84. The lowest BCUT2D eigenvalue weighted by molar-refractivity contribution is 0.565. The predicted molar refractivity (Wildman–Crippen MR) is 142 cm³/mol. The first-order valence-corrected chi connectivity index (χ1v) is 12.2. The van der Waals surface area contributed by atoms with E-state index >= 15 is 0 Å². The lowest BCUT2D eigenvalue weighted by Gasteiger charge is -2.28. The molecule has 1 saturated heterocycles. The molecule has 5 rings (SSSR count). The second-order valence-corrected chi connectivity index (χ2v) is 9.67. The fourth-order valence-electron chi connectivity index (χ4n) is 4.79. The molecule has 0 aliphatic carbocycles. The van der Waals surface area contributed by atoms with Crippen LogP contribution in [-0.4, -0.2) is 14.7 Å². The van der Waals surface area contributed by atoms with Crippen LogP contribution in [0.2, 0.25) is 0 Å². The second-order valence-electron chi connectivity index (χ2n) is 8.43. The Bertz CT molecular complexity index is 1320. The Labute approximate surface area is 208 Å². The number of anilines is 1. The number of halogens is 1. The van der Waals surface area contributed by atoms with E-state index < -0.39 is 0 Å². The average Bonchev–Trinajstić information content (AvgIpc) is 3.32. The number of rotatable bonds is 4. The molecule has 166 valence electrons. The van der Waals surface area contributed by atoms with Crippen molar-refractivity contribution in [3.05, 3.63) is 112 Å². The molecule has 0 bridgehead atoms. The summed E-state index contributed by atoms with van der Waals surface area (Å²) in [5.74, 6) is 0. The number of aromatic nitrogens is 2. The summed E-state index contributed by atoms with van der Waals surface area (Å²) in [6.45, 7) is 6.46. The highest BCUT2D eigenvalue weighted by molar-refractivity contribution is 9.10. The van der Waals surface area contributed by atoms with Gasteiger partial charge in [0.15, 0.2) is 5.11 Å². The van der Waals surface area contributed by atoms with E-state index in [1.54, 1.807) is 0 Å². The van der Waals surface area contributed by atoms with Gasteiger partial charge in [-0.1, -0.05) is 40.2 Å². The Hall–Kier alpha value is -2.96. The summed E-state index contributed by atoms with van der Waals surface area (Å²) < 4.78 is 3.40. The van der Waals surface area contributed by atoms with E-state index in [0.29, 0.717) is 5.11 Å². The molecule has 4 aromatic rings. The van der Waals surface area contributed by atoms with Crippen molar-refractivity contribution in [3.63, 3.8) is 0 Å². The summed E-state index contributed by atoms with van der Waals surface area (Å²) in [7, 11) is 0. The van der Waals surface area contributed by atoms with E-state index in [9.17, 15) is 0 Å². The smallest absolute Gasteiger partial charge is 0.174 e. The van der Waals surface area contributed by atoms with Crippen LogP contribution >= 0.6 is 28.1 Å². The highest BCUT2D eigenvalue weighted by atomic mass is 79.9. The first kappa shape index (κ1) is 21.9. The van der Waals surface area contributed by atoms with Crippen LogP contribution in [0.1, 0.15) is 40.3 Å². The molecule has 0 spiro atoms. The van der Waals surface area contributed by atoms with Gasteiger partial charge in [0.1, 0.15) is 0 Å². The van der Waals surface area contributed by atoms with Gasteiger partial charge in [-0.2, -0.15) is 0 Å². The monoisotopic (exact) mass is 516 g/mol. The fourth-order valence-corrected chi connectivity index (χ4v) is 5.38. The zero-order valence-corrected chi connectivity index (χ0v) is 21.2. The molecule has 4 nitrogen and oxygen atoms in total. The van der Waals surface area contributed by atoms with Crippen LogP contribution in [-0.2, 0) is 0 Å². The number of nitrogens with zero attached hydrogens (tertiary/aromatic N) is 3. The van der Waals surface area contributed by atoms with Crippen LogP contribution in [0.25, 0.3) is 5.69 Å². The standard InChI is InChI=1S/C27H25BrN4S/c1-17-15-21(12-13-23(17)28)32-26(25(30-27(32)33)24-11-7-8-14-29-24)22-16-18(2)31(19(22)3)20-9-5-4-6-10-20/h4-16,25-26H,1-3H3,(H,30,33)/t25-,26+/m1/s1. The summed E-state index contributed by atoms with van der Waals surface area (Å²) >= 11 is 9.53. The highest BCUT2D eigenvalue weighted by Gasteiger charge is 2.42. The Morgan fingerprint density at radius 2 is 1.67 bits per heavy atom. The van der Waals surface area contributed by atoms with Gasteiger partial charge in [0.05, 0.1) is 17.8 Å². The Morgan fingerprint density at radius 1 is 0.909 bits per heavy atom. The van der Waals surface area contributed by atoms with E-state index in [-0.39, 0.29) is 12.1 Å². The number of aryl methyl sites for hydroxylation is 2. The minimum atomic E-state index is -0.0626. The minimum Gasteiger partial charge on any atom is -0.351 e. The normalized spacial score (nSPS) is 17.9. The van der Waals surface area contributed by atoms with Gasteiger partial charge < -0.3 is 14.8 Å². The van der Waals surface area contributed by atoms with Crippen LogP contribution in [0.3, 0.4) is 0 Å². The SMILES string of the molecule is Cc1cc(N2C(=S)N[C@H](c3ccccn3)[C@@H]2c2cc(C)n(-c3ccccc3)c2C)ccc1Br. The van der Waals surface area contributed by atoms with Crippen molar-refractivity contribution in [3.8, 4) is 5.69 Å². The number of thiocarbonyl (C=S) groups is 1. The van der Waals surface area contributed by atoms with Gasteiger partial charge in [-0.05, 0) is 92.6 Å². The zero-order chi connectivity index (χ0) is 23.1.